The van der Waals surface area contributed by atoms with E-state index in [1.807, 2.05) is 253 Å². The van der Waals surface area contributed by atoms with Crippen molar-refractivity contribution in [3.05, 3.63) is 311 Å². The molecule has 3 aromatic heterocycles. The Morgan fingerprint density at radius 3 is 0.916 bits per heavy atom. The van der Waals surface area contributed by atoms with E-state index < -0.39 is 0 Å². The number of aromatic nitrogens is 3. The molecule has 584 valence electrons. The summed E-state index contributed by atoms with van der Waals surface area (Å²) in [7, 11) is 6.75. The molecule has 0 aliphatic rings. The molecule has 3 heterocycles. The van der Waals surface area contributed by atoms with Crippen LogP contribution in [0.25, 0.3) is 97.7 Å². The number of fused-ring (bicyclic) bond motifs is 15. The highest BCUT2D eigenvalue weighted by atomic mass is 35.5. The highest BCUT2D eigenvalue weighted by Gasteiger charge is 2.30. The van der Waals surface area contributed by atoms with Gasteiger partial charge in [0.05, 0.1) is 57.7 Å². The molecular weight excluding hydrogens is 1610 g/mol. The van der Waals surface area contributed by atoms with E-state index >= 15 is 0 Å². The molecular formula is C96H69Cl6N13O4. The summed E-state index contributed by atoms with van der Waals surface area (Å²) < 4.78 is 6.26. The molecule has 0 atom stereocenters. The number of hydrogen-bond acceptors (Lipinski definition) is 11. The van der Waals surface area contributed by atoms with Crippen LogP contribution < -0.4 is 24.3 Å². The SMILES string of the molecule is COc1c(C(=O)N(C)c2ccc(Cl)cc2C)cc2ccc3c4cc(Cl)ccc4[nH]c3c2c1N=Nc1ccc(N(c2ccc(N=Nc3c(C)c(C(=O)N(C)c4ccc(Cl)cc4C)cc4ccc5c6cc(Cl)ccc6[nH]c5c34)cc2)c2ccc(N=Nc3c(C)c(C(=O)N(C)c4ccc(Cl)cc4C)cc4ccc5c6cc(Cl)ccc6[nH]c5c34)cc2)cc1. The molecule has 0 bridgehead atoms. The fourth-order valence-electron chi connectivity index (χ4n) is 16.4. The number of rotatable bonds is 16. The predicted octanol–water partition coefficient (Wildman–Crippen LogP) is 30.1. The number of benzene rings is 15. The van der Waals surface area contributed by atoms with Gasteiger partial charge in [0.2, 0.25) is 0 Å². The van der Waals surface area contributed by atoms with Gasteiger partial charge in [-0.2, -0.15) is 15.3 Å². The number of carbonyl (C=O) groups excluding carboxylic acids is 3. The van der Waals surface area contributed by atoms with E-state index in [1.165, 1.54) is 7.11 Å². The van der Waals surface area contributed by atoms with Crippen molar-refractivity contribution in [1.82, 2.24) is 15.0 Å². The van der Waals surface area contributed by atoms with Gasteiger partial charge in [0.1, 0.15) is 5.69 Å². The Kier molecular flexibility index (Phi) is 20.0. The second-order valence-corrected chi connectivity index (χ2v) is 32.3. The zero-order valence-electron chi connectivity index (χ0n) is 65.4. The van der Waals surface area contributed by atoms with Crippen LogP contribution in [0, 0.1) is 34.6 Å². The first-order valence-electron chi connectivity index (χ1n) is 38.0. The van der Waals surface area contributed by atoms with Crippen LogP contribution in [0.3, 0.4) is 0 Å². The van der Waals surface area contributed by atoms with Crippen LogP contribution in [0.15, 0.2) is 267 Å². The fourth-order valence-corrected chi connectivity index (χ4v) is 17.6. The number of carbonyl (C=O) groups is 3. The van der Waals surface area contributed by atoms with Gasteiger partial charge in [0, 0.05) is 162 Å². The fraction of sp³-hybridized carbons (Fsp3) is 0.0938. The van der Waals surface area contributed by atoms with Crippen LogP contribution >= 0.6 is 69.6 Å². The highest BCUT2D eigenvalue weighted by molar-refractivity contribution is 6.35. The molecule has 0 unspecified atom stereocenters. The van der Waals surface area contributed by atoms with E-state index in [1.54, 1.807) is 54.0 Å². The number of azo groups is 3. The number of anilines is 6. The maximum Gasteiger partial charge on any atom is 0.261 e. The van der Waals surface area contributed by atoms with Gasteiger partial charge in [0.15, 0.2) is 5.75 Å². The topological polar surface area (TPSA) is 195 Å². The van der Waals surface area contributed by atoms with Crippen LogP contribution in [0.5, 0.6) is 5.75 Å². The summed E-state index contributed by atoms with van der Waals surface area (Å²) in [6, 6.07) is 74.3. The summed E-state index contributed by atoms with van der Waals surface area (Å²) in [6.45, 7) is 9.55. The normalized spacial score (nSPS) is 12.0. The average Bonchev–Trinajstić information content (AvgIpc) is 1.65. The molecule has 23 heteroatoms. The summed E-state index contributed by atoms with van der Waals surface area (Å²) in [5.74, 6) is -0.587. The van der Waals surface area contributed by atoms with Crippen molar-refractivity contribution in [2.75, 3.05) is 47.9 Å². The monoisotopic (exact) mass is 1680 g/mol. The lowest BCUT2D eigenvalue weighted by molar-refractivity contribution is 0.0983. The number of methoxy groups -OCH3 is 1. The molecule has 0 fully saturated rings. The molecule has 0 spiro atoms. The third kappa shape index (κ3) is 13.9. The van der Waals surface area contributed by atoms with Crippen molar-refractivity contribution < 1.29 is 19.1 Å². The van der Waals surface area contributed by atoms with Gasteiger partial charge in [-0.3, -0.25) is 14.4 Å². The number of nitrogens with zero attached hydrogens (tertiary/aromatic N) is 10. The zero-order valence-corrected chi connectivity index (χ0v) is 69.9. The number of hydrogen-bond donors (Lipinski definition) is 3. The Morgan fingerprint density at radius 1 is 0.311 bits per heavy atom. The Labute approximate surface area is 712 Å². The number of ether oxygens (including phenoxy) is 1. The van der Waals surface area contributed by atoms with Crippen LogP contribution in [-0.4, -0.2) is 60.9 Å². The third-order valence-electron chi connectivity index (χ3n) is 22.4. The number of amides is 3. The van der Waals surface area contributed by atoms with Gasteiger partial charge < -0.3 is 39.3 Å². The second-order valence-electron chi connectivity index (χ2n) is 29.7. The van der Waals surface area contributed by atoms with E-state index in [0.29, 0.717) is 114 Å². The van der Waals surface area contributed by atoms with Crippen LogP contribution in [0.1, 0.15) is 58.9 Å². The third-order valence-corrected chi connectivity index (χ3v) is 23.8. The maximum absolute atomic E-state index is 14.9. The Bertz CT molecular complexity index is 7150. The number of nitrogens with one attached hydrogen (secondary N) is 3. The van der Waals surface area contributed by atoms with Crippen LogP contribution in [0.2, 0.25) is 30.1 Å². The molecule has 18 rings (SSSR count). The van der Waals surface area contributed by atoms with Crippen molar-refractivity contribution in [2.24, 2.45) is 30.7 Å². The van der Waals surface area contributed by atoms with Crippen molar-refractivity contribution in [1.29, 1.82) is 0 Å². The lowest BCUT2D eigenvalue weighted by Crippen LogP contribution is -2.27. The molecule has 0 aliphatic heterocycles. The molecule has 15 aromatic carbocycles. The summed E-state index contributed by atoms with van der Waals surface area (Å²) in [5.41, 5.74) is 17.1. The standard InChI is InChI=1S/C96H69Cl6N13O4/c1-49-40-57(97)16-37-81(49)112(6)94(116)72-43-54-10-31-69-74-46-60(100)13-34-78(74)103-89(69)84(54)87(52(72)4)109-106-63-19-25-66(26-20-63)115(67-27-21-64(22-28-67)107-110-88-53(5)73(95(117)113(7)82-38-17-58(98)41-50(82)2)44-55-11-32-70-75-47-61(101)14-35-79(75)104-90(70)85(55)88)68-29-23-65(24-30-68)108-111-92-86-56(12-33-71-76-48-62(102)15-36-80(76)105-91(71)86)45-77(93(92)119-9)96(118)114(8)83-39-18-59(99)42-51(83)3/h10-48,103-105H,1-9H3. The lowest BCUT2D eigenvalue weighted by Gasteiger charge is -2.25. The number of aromatic amines is 3. The van der Waals surface area contributed by atoms with Gasteiger partial charge in [-0.1, -0.05) is 106 Å². The summed E-state index contributed by atoms with van der Waals surface area (Å²) in [5, 5.41) is 43.6. The average molecular weight is 1680 g/mol. The first-order valence-corrected chi connectivity index (χ1v) is 40.3. The largest absolute Gasteiger partial charge is 0.494 e. The minimum Gasteiger partial charge on any atom is -0.494 e. The highest BCUT2D eigenvalue weighted by Crippen LogP contribution is 2.49. The van der Waals surface area contributed by atoms with Gasteiger partial charge in [0.25, 0.3) is 17.7 Å². The molecule has 119 heavy (non-hydrogen) atoms. The summed E-state index contributed by atoms with van der Waals surface area (Å²) in [4.78, 5) is 62.5. The molecule has 3 N–H and O–H groups in total. The number of aryl methyl sites for hydroxylation is 3. The van der Waals surface area contributed by atoms with Crippen LogP contribution in [-0.2, 0) is 0 Å². The summed E-state index contributed by atoms with van der Waals surface area (Å²) >= 11 is 39.1. The lowest BCUT2D eigenvalue weighted by atomic mass is 9.96. The predicted molar refractivity (Wildman–Crippen MR) is 491 cm³/mol. The van der Waals surface area contributed by atoms with E-state index in [-0.39, 0.29) is 29.0 Å². The Hall–Kier alpha value is -13.0. The first kappa shape index (κ1) is 77.3. The quantitative estimate of drug-likeness (QED) is 0.0808. The van der Waals surface area contributed by atoms with Crippen molar-refractivity contribution in [3.8, 4) is 5.75 Å². The Balaban J connectivity index is 0.748. The zero-order chi connectivity index (χ0) is 82.7. The van der Waals surface area contributed by atoms with Crippen LogP contribution in [0.4, 0.5) is 68.2 Å². The van der Waals surface area contributed by atoms with E-state index in [2.05, 4.69) is 19.9 Å². The molecule has 3 amide bonds. The number of H-pyrrole nitrogens is 3. The number of halogens is 6. The maximum atomic E-state index is 14.9. The van der Waals surface area contributed by atoms with E-state index in [4.69, 9.17) is 105 Å². The molecule has 17 nitrogen and oxygen atoms in total. The molecule has 0 saturated carbocycles. The van der Waals surface area contributed by atoms with E-state index in [9.17, 15) is 14.4 Å². The van der Waals surface area contributed by atoms with Gasteiger partial charge in [-0.25, -0.2) is 0 Å². The molecule has 0 radical (unpaired) electrons. The van der Waals surface area contributed by atoms with Crippen molar-refractivity contribution >= 4 is 253 Å². The minimum absolute atomic E-state index is 0.220. The molecule has 0 saturated heterocycles. The van der Waals surface area contributed by atoms with Gasteiger partial charge in [-0.05, 0) is 279 Å². The molecule has 0 aliphatic carbocycles. The molecule has 18 aromatic rings. The first-order chi connectivity index (χ1) is 57.4. The second kappa shape index (κ2) is 30.8. The van der Waals surface area contributed by atoms with Crippen molar-refractivity contribution in [2.45, 2.75) is 34.6 Å². The van der Waals surface area contributed by atoms with Crippen molar-refractivity contribution in [3.63, 3.8) is 0 Å². The minimum atomic E-state index is -0.337. The summed E-state index contributed by atoms with van der Waals surface area (Å²) in [6.07, 6.45) is 0. The smallest absolute Gasteiger partial charge is 0.261 e. The van der Waals surface area contributed by atoms with Gasteiger partial charge in [-0.15, -0.1) is 15.3 Å². The Morgan fingerprint density at radius 2 is 0.597 bits per heavy atom. The van der Waals surface area contributed by atoms with Gasteiger partial charge >= 0.3 is 0 Å². The van der Waals surface area contributed by atoms with E-state index in [0.717, 1.165) is 121 Å².